The fourth-order valence-corrected chi connectivity index (χ4v) is 1.67. The molecule has 2 fully saturated rings. The second-order valence-electron chi connectivity index (χ2n) is 3.23. The molecule has 0 radical (unpaired) electrons. The van der Waals surface area contributed by atoms with Gasteiger partial charge in [-0.3, -0.25) is 0 Å². The van der Waals surface area contributed by atoms with Crippen molar-refractivity contribution in [1.29, 1.82) is 0 Å². The van der Waals surface area contributed by atoms with Gasteiger partial charge in [0.25, 0.3) is 0 Å². The van der Waals surface area contributed by atoms with Crippen molar-refractivity contribution < 1.29 is 14.6 Å². The Balaban J connectivity index is 2.17. The monoisotopic (exact) mass is 142 g/mol. The van der Waals surface area contributed by atoms with Crippen LogP contribution in [-0.4, -0.2) is 23.8 Å². The molecule has 10 heavy (non-hydrogen) atoms. The van der Waals surface area contributed by atoms with Crippen LogP contribution >= 0.6 is 0 Å². The Morgan fingerprint density at radius 3 is 2.50 bits per heavy atom. The third kappa shape index (κ3) is 0.560. The first-order valence-corrected chi connectivity index (χ1v) is 3.59. The van der Waals surface area contributed by atoms with Crippen LogP contribution in [-0.2, 0) is 9.53 Å². The SMILES string of the molecule is O=C1OCC2(CCC2)[C@H]1O. The normalized spacial score (nSPS) is 35.7. The molecule has 3 nitrogen and oxygen atoms in total. The van der Waals surface area contributed by atoms with E-state index in [4.69, 9.17) is 4.74 Å². The highest BCUT2D eigenvalue weighted by Gasteiger charge is 2.53. The number of rotatable bonds is 0. The predicted octanol–water partition coefficient (Wildman–Crippen LogP) is 0.0744. The second-order valence-corrected chi connectivity index (χ2v) is 3.23. The van der Waals surface area contributed by atoms with Gasteiger partial charge in [0.2, 0.25) is 0 Å². The predicted molar refractivity (Wildman–Crippen MR) is 33.2 cm³/mol. The van der Waals surface area contributed by atoms with Crippen LogP contribution in [0.15, 0.2) is 0 Å². The zero-order chi connectivity index (χ0) is 7.19. The van der Waals surface area contributed by atoms with Crippen molar-refractivity contribution in [2.45, 2.75) is 25.4 Å². The molecule has 0 unspecified atom stereocenters. The summed E-state index contributed by atoms with van der Waals surface area (Å²) in [6, 6.07) is 0. The molecule has 1 saturated carbocycles. The Morgan fingerprint density at radius 1 is 1.60 bits per heavy atom. The van der Waals surface area contributed by atoms with Gasteiger partial charge < -0.3 is 9.84 Å². The molecule has 0 amide bonds. The van der Waals surface area contributed by atoms with E-state index in [0.717, 1.165) is 19.3 Å². The summed E-state index contributed by atoms with van der Waals surface area (Å²) in [4.78, 5) is 10.7. The highest BCUT2D eigenvalue weighted by atomic mass is 16.6. The van der Waals surface area contributed by atoms with Gasteiger partial charge in [0.1, 0.15) is 6.61 Å². The summed E-state index contributed by atoms with van der Waals surface area (Å²) in [6.45, 7) is 0.438. The van der Waals surface area contributed by atoms with Gasteiger partial charge in [0, 0.05) is 5.41 Å². The summed E-state index contributed by atoms with van der Waals surface area (Å²) in [6.07, 6.45) is 2.18. The van der Waals surface area contributed by atoms with Crippen molar-refractivity contribution in [3.8, 4) is 0 Å². The lowest BCUT2D eigenvalue weighted by Gasteiger charge is -2.37. The summed E-state index contributed by atoms with van der Waals surface area (Å²) in [5, 5.41) is 9.29. The molecule has 0 bridgehead atoms. The minimum absolute atomic E-state index is 0.170. The van der Waals surface area contributed by atoms with Gasteiger partial charge in [-0.1, -0.05) is 6.42 Å². The van der Waals surface area contributed by atoms with Crippen LogP contribution < -0.4 is 0 Å². The molecule has 1 saturated heterocycles. The Kier molecular flexibility index (Phi) is 1.06. The van der Waals surface area contributed by atoms with Gasteiger partial charge in [-0.2, -0.15) is 0 Å². The van der Waals surface area contributed by atoms with Crippen molar-refractivity contribution in [1.82, 2.24) is 0 Å². The van der Waals surface area contributed by atoms with Crippen molar-refractivity contribution >= 4 is 5.97 Å². The average molecular weight is 142 g/mol. The molecule has 3 heteroatoms. The van der Waals surface area contributed by atoms with Gasteiger partial charge in [-0.25, -0.2) is 4.79 Å². The van der Waals surface area contributed by atoms with Gasteiger partial charge in [0.15, 0.2) is 6.10 Å². The zero-order valence-electron chi connectivity index (χ0n) is 5.67. The Hall–Kier alpha value is -0.570. The number of hydrogen-bond acceptors (Lipinski definition) is 3. The smallest absolute Gasteiger partial charge is 0.335 e. The fourth-order valence-electron chi connectivity index (χ4n) is 1.67. The molecule has 1 spiro atoms. The lowest BCUT2D eigenvalue weighted by molar-refractivity contribution is -0.145. The van der Waals surface area contributed by atoms with Gasteiger partial charge in [-0.15, -0.1) is 0 Å². The lowest BCUT2D eigenvalue weighted by atomic mass is 9.67. The average Bonchev–Trinajstić information content (AvgIpc) is 2.10. The summed E-state index contributed by atoms with van der Waals surface area (Å²) in [5.41, 5.74) is -0.170. The summed E-state index contributed by atoms with van der Waals surface area (Å²) in [5.74, 6) is -0.431. The maximum atomic E-state index is 10.7. The summed E-state index contributed by atoms with van der Waals surface area (Å²) < 4.78 is 4.73. The number of esters is 1. The van der Waals surface area contributed by atoms with Crippen molar-refractivity contribution in [2.24, 2.45) is 5.41 Å². The number of hydrogen-bond donors (Lipinski definition) is 1. The van der Waals surface area contributed by atoms with Crippen LogP contribution in [0, 0.1) is 5.41 Å². The van der Waals surface area contributed by atoms with E-state index in [9.17, 15) is 9.90 Å². The van der Waals surface area contributed by atoms with Crippen LogP contribution in [0.5, 0.6) is 0 Å². The van der Waals surface area contributed by atoms with Crippen LogP contribution in [0.25, 0.3) is 0 Å². The van der Waals surface area contributed by atoms with Crippen LogP contribution in [0.1, 0.15) is 19.3 Å². The van der Waals surface area contributed by atoms with Crippen LogP contribution in [0.2, 0.25) is 0 Å². The van der Waals surface area contributed by atoms with E-state index in [1.165, 1.54) is 0 Å². The standard InChI is InChI=1S/C7H10O3/c8-5-6(9)10-4-7(5)2-1-3-7/h5,8H,1-4H2/t5-/m0/s1. The van der Waals surface area contributed by atoms with E-state index in [2.05, 4.69) is 0 Å². The van der Waals surface area contributed by atoms with Crippen LogP contribution in [0.3, 0.4) is 0 Å². The van der Waals surface area contributed by atoms with Gasteiger partial charge in [-0.05, 0) is 12.8 Å². The Morgan fingerprint density at radius 2 is 2.30 bits per heavy atom. The highest BCUT2D eigenvalue weighted by molar-refractivity contribution is 5.77. The molecule has 0 aromatic carbocycles. The number of carbonyl (C=O) groups is 1. The maximum Gasteiger partial charge on any atom is 0.335 e. The summed E-state index contributed by atoms with van der Waals surface area (Å²) in [7, 11) is 0. The van der Waals surface area contributed by atoms with E-state index in [1.54, 1.807) is 0 Å². The maximum absolute atomic E-state index is 10.7. The third-order valence-electron chi connectivity index (χ3n) is 2.65. The topological polar surface area (TPSA) is 46.5 Å². The molecule has 1 N–H and O–H groups in total. The molecule has 0 aromatic heterocycles. The second kappa shape index (κ2) is 1.72. The molecule has 2 aliphatic rings. The number of aliphatic hydroxyl groups excluding tert-OH is 1. The van der Waals surface area contributed by atoms with Gasteiger partial charge in [0.05, 0.1) is 0 Å². The minimum atomic E-state index is -0.832. The first kappa shape index (κ1) is 6.16. The number of carbonyl (C=O) groups excluding carboxylic acids is 1. The molecule has 2 rings (SSSR count). The van der Waals surface area contributed by atoms with E-state index in [-0.39, 0.29) is 5.41 Å². The van der Waals surface area contributed by atoms with E-state index >= 15 is 0 Å². The van der Waals surface area contributed by atoms with Crippen molar-refractivity contribution in [3.05, 3.63) is 0 Å². The zero-order valence-corrected chi connectivity index (χ0v) is 5.67. The van der Waals surface area contributed by atoms with E-state index in [1.807, 2.05) is 0 Å². The molecule has 1 aliphatic carbocycles. The first-order chi connectivity index (χ1) is 4.75. The third-order valence-corrected chi connectivity index (χ3v) is 2.65. The first-order valence-electron chi connectivity index (χ1n) is 3.59. The quantitative estimate of drug-likeness (QED) is 0.487. The molecule has 0 aromatic rings. The van der Waals surface area contributed by atoms with Crippen molar-refractivity contribution in [3.63, 3.8) is 0 Å². The van der Waals surface area contributed by atoms with Gasteiger partial charge >= 0.3 is 5.97 Å². The number of ether oxygens (including phenoxy) is 1. The largest absolute Gasteiger partial charge is 0.463 e. The van der Waals surface area contributed by atoms with Crippen molar-refractivity contribution in [2.75, 3.05) is 6.61 Å². The number of aliphatic hydroxyl groups is 1. The highest BCUT2D eigenvalue weighted by Crippen LogP contribution is 2.47. The van der Waals surface area contributed by atoms with Crippen LogP contribution in [0.4, 0.5) is 0 Å². The van der Waals surface area contributed by atoms with E-state index in [0.29, 0.717) is 6.61 Å². The molecule has 1 atom stereocenters. The lowest BCUT2D eigenvalue weighted by Crippen LogP contribution is -2.41. The summed E-state index contributed by atoms with van der Waals surface area (Å²) >= 11 is 0. The molecule has 1 heterocycles. The Bertz CT molecular complexity index is 172. The fraction of sp³-hybridized carbons (Fsp3) is 0.857. The Labute approximate surface area is 59.0 Å². The minimum Gasteiger partial charge on any atom is -0.463 e. The number of cyclic esters (lactones) is 1. The molecule has 1 aliphatic heterocycles. The molecule has 56 valence electrons. The van der Waals surface area contributed by atoms with E-state index < -0.39 is 12.1 Å². The molecular formula is C7H10O3. The molecular weight excluding hydrogens is 132 g/mol.